The van der Waals surface area contributed by atoms with Gasteiger partial charge >= 0.3 is 0 Å². The highest BCUT2D eigenvalue weighted by Crippen LogP contribution is 2.34. The Balaban J connectivity index is 1.45. The predicted octanol–water partition coefficient (Wildman–Crippen LogP) is 1.63. The minimum atomic E-state index is -0.615. The van der Waals surface area contributed by atoms with Crippen molar-refractivity contribution >= 4 is 28.4 Å². The van der Waals surface area contributed by atoms with E-state index in [1.165, 1.54) is 0 Å². The molecule has 3 N–H and O–H groups in total. The summed E-state index contributed by atoms with van der Waals surface area (Å²) in [5.41, 5.74) is 3.10. The molecule has 1 aliphatic heterocycles. The number of carbonyl (C=O) groups excluding carboxylic acids is 1. The molecule has 4 aromatic heterocycles. The van der Waals surface area contributed by atoms with Crippen LogP contribution in [0.3, 0.4) is 0 Å². The molecule has 1 amide bonds. The van der Waals surface area contributed by atoms with Gasteiger partial charge in [0.05, 0.1) is 43.3 Å². The van der Waals surface area contributed by atoms with Crippen molar-refractivity contribution in [3.63, 3.8) is 0 Å². The largest absolute Gasteiger partial charge is 0.388 e. The number of nitrogens with one attached hydrogen (secondary N) is 2. The number of aromatic nitrogens is 5. The first-order valence-corrected chi connectivity index (χ1v) is 11.7. The molecule has 0 radical (unpaired) electrons. The van der Waals surface area contributed by atoms with Crippen molar-refractivity contribution < 1.29 is 19.4 Å². The summed E-state index contributed by atoms with van der Waals surface area (Å²) in [6.45, 7) is 0.700. The van der Waals surface area contributed by atoms with Crippen molar-refractivity contribution in [2.75, 3.05) is 32.7 Å². The molecule has 35 heavy (non-hydrogen) atoms. The van der Waals surface area contributed by atoms with Crippen LogP contribution in [0.2, 0.25) is 0 Å². The van der Waals surface area contributed by atoms with E-state index in [1.807, 2.05) is 29.0 Å². The van der Waals surface area contributed by atoms with E-state index in [9.17, 15) is 9.90 Å². The Kier molecular flexibility index (Phi) is 5.39. The number of carbonyl (C=O) groups is 1. The maximum atomic E-state index is 13.1. The average molecular weight is 478 g/mol. The zero-order valence-electron chi connectivity index (χ0n) is 19.5. The zero-order valence-corrected chi connectivity index (χ0v) is 19.5. The second-order valence-corrected chi connectivity index (χ2v) is 9.00. The number of aliphatic hydroxyl groups is 1. The van der Waals surface area contributed by atoms with Crippen LogP contribution in [0.4, 0.5) is 5.82 Å². The highest BCUT2D eigenvalue weighted by Gasteiger charge is 2.33. The van der Waals surface area contributed by atoms with Crippen LogP contribution >= 0.6 is 0 Å². The third-order valence-corrected chi connectivity index (χ3v) is 7.05. The number of rotatable bonds is 6. The highest BCUT2D eigenvalue weighted by molar-refractivity contribution is 6.01. The number of amides is 1. The number of ether oxygens (including phenoxy) is 2. The summed E-state index contributed by atoms with van der Waals surface area (Å²) in [7, 11) is 3.46. The highest BCUT2D eigenvalue weighted by atomic mass is 16.5. The van der Waals surface area contributed by atoms with E-state index in [0.717, 1.165) is 29.4 Å². The Morgan fingerprint density at radius 2 is 2.17 bits per heavy atom. The molecule has 11 nitrogen and oxygen atoms in total. The first-order chi connectivity index (χ1) is 17.1. The fourth-order valence-corrected chi connectivity index (χ4v) is 4.94. The monoisotopic (exact) mass is 477 g/mol. The number of aliphatic hydroxyl groups excluding tert-OH is 1. The van der Waals surface area contributed by atoms with Crippen molar-refractivity contribution in [2.45, 2.75) is 37.1 Å². The molecule has 1 unspecified atom stereocenters. The number of nitrogens with zero attached hydrogens (tertiary/aromatic N) is 5. The van der Waals surface area contributed by atoms with Crippen LogP contribution in [0, 0.1) is 0 Å². The van der Waals surface area contributed by atoms with Crippen LogP contribution in [0.25, 0.3) is 27.9 Å². The molecule has 1 saturated carbocycles. The summed E-state index contributed by atoms with van der Waals surface area (Å²) in [6, 6.07) is 5.49. The summed E-state index contributed by atoms with van der Waals surface area (Å²) >= 11 is 0. The average Bonchev–Trinajstić information content (AvgIpc) is 3.57. The number of fused-ring (bicyclic) bond motifs is 2. The second kappa shape index (κ2) is 8.59. The van der Waals surface area contributed by atoms with E-state index in [1.54, 1.807) is 31.1 Å². The number of hydrogen-bond acceptors (Lipinski definition) is 8. The van der Waals surface area contributed by atoms with Gasteiger partial charge in [-0.05, 0) is 25.0 Å². The predicted molar refractivity (Wildman–Crippen MR) is 128 cm³/mol. The van der Waals surface area contributed by atoms with Crippen molar-refractivity contribution in [1.29, 1.82) is 0 Å². The van der Waals surface area contributed by atoms with Gasteiger partial charge in [0.15, 0.2) is 5.65 Å². The molecule has 5 heterocycles. The molecule has 2 aliphatic rings. The van der Waals surface area contributed by atoms with Crippen LogP contribution in [-0.4, -0.2) is 80.8 Å². The molecule has 0 spiro atoms. The van der Waals surface area contributed by atoms with Gasteiger partial charge in [-0.1, -0.05) is 0 Å². The summed E-state index contributed by atoms with van der Waals surface area (Å²) in [4.78, 5) is 22.6. The molecule has 4 aromatic rings. The van der Waals surface area contributed by atoms with Crippen LogP contribution in [-0.2, 0) is 9.47 Å². The van der Waals surface area contributed by atoms with E-state index in [2.05, 4.69) is 20.7 Å². The van der Waals surface area contributed by atoms with Crippen molar-refractivity contribution in [3.8, 4) is 11.3 Å². The number of hydrogen-bond donors (Lipinski definition) is 3. The minimum Gasteiger partial charge on any atom is -0.388 e. The van der Waals surface area contributed by atoms with Gasteiger partial charge in [-0.3, -0.25) is 4.79 Å². The van der Waals surface area contributed by atoms with Gasteiger partial charge in [0.2, 0.25) is 0 Å². The minimum absolute atomic E-state index is 0.0153. The fourth-order valence-electron chi connectivity index (χ4n) is 4.94. The lowest BCUT2D eigenvalue weighted by molar-refractivity contribution is 0.00732. The summed E-state index contributed by atoms with van der Waals surface area (Å²) in [5.74, 6) is 0.463. The third kappa shape index (κ3) is 3.54. The Hall–Kier alpha value is -3.54. The normalized spacial score (nSPS) is 24.1. The van der Waals surface area contributed by atoms with E-state index in [0.29, 0.717) is 35.9 Å². The molecule has 1 saturated heterocycles. The first kappa shape index (κ1) is 22.0. The zero-order chi connectivity index (χ0) is 24.1. The number of pyridine rings is 1. The SMILES string of the molecule is CNc1cc(-c2cn([C@H]3COC[C@@H]3O)c3ncccc23)nc2c(C(=O)NC3CC[C@@H]3OC)cnn12. The second-order valence-electron chi connectivity index (χ2n) is 9.00. The van der Waals surface area contributed by atoms with E-state index in [4.69, 9.17) is 14.5 Å². The van der Waals surface area contributed by atoms with E-state index in [-0.39, 0.29) is 24.1 Å². The summed E-state index contributed by atoms with van der Waals surface area (Å²) in [6.07, 6.45) is 6.45. The Bertz CT molecular complexity index is 1410. The van der Waals surface area contributed by atoms with Crippen LogP contribution in [0.5, 0.6) is 0 Å². The maximum absolute atomic E-state index is 13.1. The molecule has 182 valence electrons. The molecule has 1 aliphatic carbocycles. The van der Waals surface area contributed by atoms with Gasteiger partial charge in [0, 0.05) is 43.6 Å². The van der Waals surface area contributed by atoms with Gasteiger partial charge in [0.1, 0.15) is 23.1 Å². The number of methoxy groups -OCH3 is 1. The molecule has 0 bridgehead atoms. The molecule has 0 aromatic carbocycles. The summed E-state index contributed by atoms with van der Waals surface area (Å²) in [5, 5.41) is 22.0. The fraction of sp³-hybridized carbons (Fsp3) is 0.417. The molecule has 2 fully saturated rings. The standard InChI is InChI=1S/C24H27N7O4/c1-25-21-8-17(15-10-30(18-11-35-12-19(18)32)22-13(15)4-3-7-26-22)28-23-14(9-27-31(21)23)24(33)29-16-5-6-20(16)34-2/h3-4,7-10,16,18-20,25,32H,5-6,11-12H2,1-2H3,(H,29,33)/t16?,18-,19-,20-/m0/s1. The van der Waals surface area contributed by atoms with Crippen molar-refractivity contribution in [1.82, 2.24) is 29.5 Å². The Morgan fingerprint density at radius 1 is 1.29 bits per heavy atom. The first-order valence-electron chi connectivity index (χ1n) is 11.7. The Morgan fingerprint density at radius 3 is 2.89 bits per heavy atom. The Labute approximate surface area is 201 Å². The van der Waals surface area contributed by atoms with E-state index >= 15 is 0 Å². The van der Waals surface area contributed by atoms with E-state index < -0.39 is 6.10 Å². The van der Waals surface area contributed by atoms with Gasteiger partial charge in [-0.2, -0.15) is 9.61 Å². The van der Waals surface area contributed by atoms with Crippen LogP contribution < -0.4 is 10.6 Å². The maximum Gasteiger partial charge on any atom is 0.257 e. The summed E-state index contributed by atoms with van der Waals surface area (Å²) < 4.78 is 14.5. The lowest BCUT2D eigenvalue weighted by Gasteiger charge is -2.35. The van der Waals surface area contributed by atoms with Gasteiger partial charge in [-0.25, -0.2) is 9.97 Å². The lowest BCUT2D eigenvalue weighted by Crippen LogP contribution is -2.51. The van der Waals surface area contributed by atoms with Crippen molar-refractivity contribution in [2.24, 2.45) is 0 Å². The van der Waals surface area contributed by atoms with Gasteiger partial charge < -0.3 is 29.8 Å². The quantitative estimate of drug-likeness (QED) is 0.382. The van der Waals surface area contributed by atoms with Gasteiger partial charge in [-0.15, -0.1) is 0 Å². The molecule has 4 atom stereocenters. The van der Waals surface area contributed by atoms with Crippen LogP contribution in [0.1, 0.15) is 29.2 Å². The van der Waals surface area contributed by atoms with Gasteiger partial charge in [0.25, 0.3) is 5.91 Å². The smallest absolute Gasteiger partial charge is 0.257 e. The topological polar surface area (TPSA) is 128 Å². The molecule has 6 rings (SSSR count). The number of anilines is 1. The van der Waals surface area contributed by atoms with Crippen molar-refractivity contribution in [3.05, 3.63) is 42.4 Å². The molecule has 11 heteroatoms. The lowest BCUT2D eigenvalue weighted by atomic mass is 9.89. The molecular formula is C24H27N7O4. The molecular weight excluding hydrogens is 450 g/mol. The third-order valence-electron chi connectivity index (χ3n) is 7.05. The van der Waals surface area contributed by atoms with Crippen LogP contribution in [0.15, 0.2) is 36.8 Å².